The van der Waals surface area contributed by atoms with E-state index in [9.17, 15) is 9.90 Å². The predicted molar refractivity (Wildman–Crippen MR) is 110 cm³/mol. The number of carbonyl (C=O) groups is 1. The topological polar surface area (TPSA) is 58.6 Å². The van der Waals surface area contributed by atoms with Crippen LogP contribution in [-0.4, -0.2) is 24.2 Å². The summed E-state index contributed by atoms with van der Waals surface area (Å²) >= 11 is 0. The van der Waals surface area contributed by atoms with Crippen molar-refractivity contribution in [1.29, 1.82) is 0 Å². The number of hydrogen-bond donors (Lipinski definition) is 2. The Morgan fingerprint density at radius 1 is 1.15 bits per heavy atom. The van der Waals surface area contributed by atoms with E-state index in [0.29, 0.717) is 24.6 Å². The maximum Gasteiger partial charge on any atom is 0.255 e. The Balaban J connectivity index is 1.87. The number of aliphatic hydroxyl groups excluding tert-OH is 1. The van der Waals surface area contributed by atoms with Gasteiger partial charge in [0.2, 0.25) is 0 Å². The molecule has 0 heterocycles. The minimum atomic E-state index is -0.293. The van der Waals surface area contributed by atoms with Crippen LogP contribution in [-0.2, 0) is 11.2 Å². The molecule has 0 bridgehead atoms. The molecule has 0 saturated carbocycles. The summed E-state index contributed by atoms with van der Waals surface area (Å²) in [6.07, 6.45) is 3.89. The second kappa shape index (κ2) is 11.1. The molecule has 0 unspecified atom stereocenters. The third-order valence-electron chi connectivity index (χ3n) is 4.40. The van der Waals surface area contributed by atoms with E-state index >= 15 is 0 Å². The van der Waals surface area contributed by atoms with E-state index in [2.05, 4.69) is 19.2 Å². The van der Waals surface area contributed by atoms with Crippen molar-refractivity contribution in [2.75, 3.05) is 13.2 Å². The molecule has 0 saturated heterocycles. The molecule has 2 aromatic carbocycles. The Bertz CT molecular complexity index is 723. The molecule has 0 spiro atoms. The molecule has 0 aromatic heterocycles. The monoisotopic (exact) mass is 367 g/mol. The van der Waals surface area contributed by atoms with E-state index in [1.807, 2.05) is 42.5 Å². The zero-order valence-corrected chi connectivity index (χ0v) is 16.2. The Morgan fingerprint density at radius 3 is 2.48 bits per heavy atom. The van der Waals surface area contributed by atoms with Gasteiger partial charge in [0.15, 0.2) is 0 Å². The van der Waals surface area contributed by atoms with Crippen LogP contribution in [0.5, 0.6) is 5.75 Å². The highest BCUT2D eigenvalue weighted by Crippen LogP contribution is 2.20. The normalized spacial score (nSPS) is 12.4. The van der Waals surface area contributed by atoms with Crippen LogP contribution in [0.25, 0.3) is 5.57 Å². The maximum atomic E-state index is 12.4. The van der Waals surface area contributed by atoms with Gasteiger partial charge in [-0.2, -0.15) is 0 Å². The lowest BCUT2D eigenvalue weighted by atomic mass is 10.1. The fourth-order valence-corrected chi connectivity index (χ4v) is 2.87. The molecule has 4 nitrogen and oxygen atoms in total. The number of amides is 1. The standard InChI is InChI=1S/C23H29NO3/c1-3-7-18(2)17-27-21-12-10-20(11-13-21)22(16-25)23(26)24-15-14-19-8-5-4-6-9-19/h4-6,8-13,16,18,25H,3,7,14-15,17H2,1-2H3,(H,24,26)/t18-/m0/s1. The first-order valence-electron chi connectivity index (χ1n) is 9.53. The molecule has 0 aliphatic rings. The van der Waals surface area contributed by atoms with E-state index in [1.54, 1.807) is 12.1 Å². The molecule has 0 fully saturated rings. The summed E-state index contributed by atoms with van der Waals surface area (Å²) in [4.78, 5) is 12.4. The molecule has 2 N–H and O–H groups in total. The van der Waals surface area contributed by atoms with Gasteiger partial charge < -0.3 is 15.2 Å². The molecule has 2 rings (SSSR count). The van der Waals surface area contributed by atoms with Crippen LogP contribution in [0.4, 0.5) is 0 Å². The lowest BCUT2D eigenvalue weighted by Gasteiger charge is -2.13. The highest BCUT2D eigenvalue weighted by atomic mass is 16.5. The summed E-state index contributed by atoms with van der Waals surface area (Å²) in [7, 11) is 0. The summed E-state index contributed by atoms with van der Waals surface area (Å²) in [6, 6.07) is 17.2. The van der Waals surface area contributed by atoms with Gasteiger partial charge in [0.05, 0.1) is 18.4 Å². The van der Waals surface area contributed by atoms with Gasteiger partial charge in [-0.1, -0.05) is 62.7 Å². The Labute approximate surface area is 161 Å². The molecular weight excluding hydrogens is 338 g/mol. The van der Waals surface area contributed by atoms with E-state index < -0.39 is 0 Å². The van der Waals surface area contributed by atoms with Crippen LogP contribution in [0, 0.1) is 5.92 Å². The number of ether oxygens (including phenoxy) is 1. The molecular formula is C23H29NO3. The zero-order valence-electron chi connectivity index (χ0n) is 16.2. The number of benzene rings is 2. The summed E-state index contributed by atoms with van der Waals surface area (Å²) < 4.78 is 5.78. The maximum absolute atomic E-state index is 12.4. The van der Waals surface area contributed by atoms with Crippen LogP contribution < -0.4 is 10.1 Å². The van der Waals surface area contributed by atoms with Gasteiger partial charge in [0, 0.05) is 6.54 Å². The fraction of sp³-hybridized carbons (Fsp3) is 0.348. The van der Waals surface area contributed by atoms with Gasteiger partial charge in [-0.3, -0.25) is 4.79 Å². The smallest absolute Gasteiger partial charge is 0.255 e. The first-order valence-corrected chi connectivity index (χ1v) is 9.53. The van der Waals surface area contributed by atoms with Crippen molar-refractivity contribution >= 4 is 11.5 Å². The number of aliphatic hydroxyl groups is 1. The van der Waals surface area contributed by atoms with Gasteiger partial charge >= 0.3 is 0 Å². The van der Waals surface area contributed by atoms with Crippen molar-refractivity contribution < 1.29 is 14.6 Å². The molecule has 1 atom stereocenters. The lowest BCUT2D eigenvalue weighted by molar-refractivity contribution is -0.115. The highest BCUT2D eigenvalue weighted by molar-refractivity contribution is 6.19. The van der Waals surface area contributed by atoms with Gasteiger partial charge in [-0.05, 0) is 42.0 Å². The highest BCUT2D eigenvalue weighted by Gasteiger charge is 2.12. The van der Waals surface area contributed by atoms with Crippen LogP contribution >= 0.6 is 0 Å². The SMILES string of the molecule is CCC[C@H](C)COc1ccc(C(=CO)C(=O)NCCc2ccccc2)cc1. The predicted octanol–water partition coefficient (Wildman–Crippen LogP) is 4.76. The van der Waals surface area contributed by atoms with Gasteiger partial charge in [-0.15, -0.1) is 0 Å². The quantitative estimate of drug-likeness (QED) is 0.470. The Hall–Kier alpha value is -2.75. The molecule has 0 aliphatic carbocycles. The van der Waals surface area contributed by atoms with Gasteiger partial charge in [-0.25, -0.2) is 0 Å². The summed E-state index contributed by atoms with van der Waals surface area (Å²) in [5.41, 5.74) is 2.06. The molecule has 0 radical (unpaired) electrons. The van der Waals surface area contributed by atoms with E-state index in [-0.39, 0.29) is 11.5 Å². The largest absolute Gasteiger partial charge is 0.515 e. The molecule has 2 aromatic rings. The molecule has 1 amide bonds. The van der Waals surface area contributed by atoms with Gasteiger partial charge in [0.1, 0.15) is 5.75 Å². The van der Waals surface area contributed by atoms with E-state index in [0.717, 1.165) is 36.8 Å². The molecule has 144 valence electrons. The molecule has 4 heteroatoms. The minimum absolute atomic E-state index is 0.244. The zero-order chi connectivity index (χ0) is 19.5. The van der Waals surface area contributed by atoms with E-state index in [1.165, 1.54) is 0 Å². The van der Waals surface area contributed by atoms with Gasteiger partial charge in [0.25, 0.3) is 5.91 Å². The van der Waals surface area contributed by atoms with E-state index in [4.69, 9.17) is 4.74 Å². The number of carbonyl (C=O) groups excluding carboxylic acids is 1. The summed E-state index contributed by atoms with van der Waals surface area (Å²) in [5, 5.41) is 12.4. The third kappa shape index (κ3) is 6.81. The first-order chi connectivity index (χ1) is 13.1. The minimum Gasteiger partial charge on any atom is -0.515 e. The van der Waals surface area contributed by atoms with Crippen LogP contribution in [0.3, 0.4) is 0 Å². The second-order valence-electron chi connectivity index (χ2n) is 6.76. The van der Waals surface area contributed by atoms with Crippen molar-refractivity contribution in [2.45, 2.75) is 33.1 Å². The van der Waals surface area contributed by atoms with Crippen molar-refractivity contribution in [3.05, 3.63) is 72.0 Å². The molecule has 27 heavy (non-hydrogen) atoms. The van der Waals surface area contributed by atoms with Crippen molar-refractivity contribution in [3.63, 3.8) is 0 Å². The number of nitrogens with one attached hydrogen (secondary N) is 1. The van der Waals surface area contributed by atoms with Crippen molar-refractivity contribution in [2.24, 2.45) is 5.92 Å². The average molecular weight is 367 g/mol. The number of hydrogen-bond acceptors (Lipinski definition) is 3. The summed E-state index contributed by atoms with van der Waals surface area (Å²) in [5.74, 6) is 0.986. The second-order valence-corrected chi connectivity index (χ2v) is 6.76. The average Bonchev–Trinajstić information content (AvgIpc) is 2.69. The Morgan fingerprint density at radius 2 is 1.85 bits per heavy atom. The number of rotatable bonds is 10. The third-order valence-corrected chi connectivity index (χ3v) is 4.40. The molecule has 0 aliphatic heterocycles. The van der Waals surface area contributed by atoms with Crippen molar-refractivity contribution in [3.8, 4) is 5.75 Å². The lowest BCUT2D eigenvalue weighted by Crippen LogP contribution is -2.26. The van der Waals surface area contributed by atoms with Crippen LogP contribution in [0.15, 0.2) is 60.9 Å². The van der Waals surface area contributed by atoms with Crippen molar-refractivity contribution in [1.82, 2.24) is 5.32 Å². The fourth-order valence-electron chi connectivity index (χ4n) is 2.87. The summed E-state index contributed by atoms with van der Waals surface area (Å²) in [6.45, 7) is 5.52. The van der Waals surface area contributed by atoms with Crippen LogP contribution in [0.2, 0.25) is 0 Å². The van der Waals surface area contributed by atoms with Crippen LogP contribution in [0.1, 0.15) is 37.8 Å². The first kappa shape index (κ1) is 20.6. The Kier molecular flexibility index (Phi) is 8.43.